The van der Waals surface area contributed by atoms with Crippen molar-refractivity contribution < 1.29 is 4.74 Å². The highest BCUT2D eigenvalue weighted by molar-refractivity contribution is 5.80. The van der Waals surface area contributed by atoms with E-state index in [1.807, 2.05) is 31.2 Å². The summed E-state index contributed by atoms with van der Waals surface area (Å²) in [4.78, 5) is 8.86. The van der Waals surface area contributed by atoms with Gasteiger partial charge in [0.15, 0.2) is 5.96 Å². The Balaban J connectivity index is 1.63. The third-order valence-corrected chi connectivity index (χ3v) is 4.95. The van der Waals surface area contributed by atoms with Gasteiger partial charge in [-0.3, -0.25) is 9.67 Å². The van der Waals surface area contributed by atoms with Gasteiger partial charge in [-0.05, 0) is 30.2 Å². The Morgan fingerprint density at radius 2 is 2.22 bits per heavy atom. The molecule has 0 aliphatic carbocycles. The average Bonchev–Trinajstić information content (AvgIpc) is 3.10. The van der Waals surface area contributed by atoms with Crippen LogP contribution in [0.5, 0.6) is 0 Å². The summed E-state index contributed by atoms with van der Waals surface area (Å²) < 4.78 is 7.75. The fourth-order valence-corrected chi connectivity index (χ4v) is 3.31. The molecule has 1 N–H and O–H groups in total. The summed E-state index contributed by atoms with van der Waals surface area (Å²) in [5, 5.41) is 7.76. The van der Waals surface area contributed by atoms with Crippen molar-refractivity contribution in [3.63, 3.8) is 0 Å². The van der Waals surface area contributed by atoms with Crippen molar-refractivity contribution in [2.24, 2.45) is 12.0 Å². The lowest BCUT2D eigenvalue weighted by Gasteiger charge is -2.34. The second-order valence-corrected chi connectivity index (χ2v) is 7.16. The number of hydrogen-bond acceptors (Lipinski definition) is 4. The van der Waals surface area contributed by atoms with Gasteiger partial charge in [0, 0.05) is 58.7 Å². The number of anilines is 1. The van der Waals surface area contributed by atoms with Gasteiger partial charge in [-0.25, -0.2) is 0 Å². The zero-order valence-corrected chi connectivity index (χ0v) is 16.9. The van der Waals surface area contributed by atoms with Crippen LogP contribution < -0.4 is 10.2 Å². The Labute approximate surface area is 161 Å². The van der Waals surface area contributed by atoms with Crippen LogP contribution in [-0.4, -0.2) is 61.5 Å². The van der Waals surface area contributed by atoms with E-state index >= 15 is 0 Å². The van der Waals surface area contributed by atoms with Gasteiger partial charge < -0.3 is 19.9 Å². The predicted octanol–water partition coefficient (Wildman–Crippen LogP) is 1.94. The zero-order valence-electron chi connectivity index (χ0n) is 16.9. The lowest BCUT2D eigenvalue weighted by Crippen LogP contribution is -2.48. The standard InChI is InChI=1S/C20H30N6O/c1-15-10-18(24(3)4)7-6-16(15)11-22-20(21-2)26-8-9-27-19(14-26)17-12-23-25(5)13-17/h6-7,10,12-13,19H,8-9,11,14H2,1-5H3,(H,21,22). The molecular weight excluding hydrogens is 340 g/mol. The molecule has 0 spiro atoms. The predicted molar refractivity (Wildman–Crippen MR) is 109 cm³/mol. The van der Waals surface area contributed by atoms with E-state index in [2.05, 4.69) is 64.4 Å². The van der Waals surface area contributed by atoms with Gasteiger partial charge in [0.1, 0.15) is 6.10 Å². The van der Waals surface area contributed by atoms with Crippen molar-refractivity contribution in [2.75, 3.05) is 45.7 Å². The van der Waals surface area contributed by atoms with Crippen LogP contribution in [0.4, 0.5) is 5.69 Å². The highest BCUT2D eigenvalue weighted by Gasteiger charge is 2.25. The average molecular weight is 371 g/mol. The number of aromatic nitrogens is 2. The molecule has 0 radical (unpaired) electrons. The molecule has 1 aliphatic heterocycles. The van der Waals surface area contributed by atoms with E-state index in [-0.39, 0.29) is 6.10 Å². The van der Waals surface area contributed by atoms with E-state index in [0.717, 1.165) is 31.2 Å². The molecule has 3 rings (SSSR count). The van der Waals surface area contributed by atoms with Crippen LogP contribution in [0, 0.1) is 6.92 Å². The fourth-order valence-electron chi connectivity index (χ4n) is 3.31. The molecule has 0 saturated carbocycles. The number of rotatable bonds is 4. The van der Waals surface area contributed by atoms with Gasteiger partial charge in [-0.2, -0.15) is 5.10 Å². The smallest absolute Gasteiger partial charge is 0.194 e. The van der Waals surface area contributed by atoms with E-state index in [9.17, 15) is 0 Å². The SMILES string of the molecule is CN=C(NCc1ccc(N(C)C)cc1C)N1CCOC(c2cnn(C)c2)C1. The molecule has 146 valence electrons. The van der Waals surface area contributed by atoms with Crippen molar-refractivity contribution in [1.82, 2.24) is 20.0 Å². The first-order chi connectivity index (χ1) is 13.0. The summed E-state index contributed by atoms with van der Waals surface area (Å²) in [6, 6.07) is 6.55. The summed E-state index contributed by atoms with van der Waals surface area (Å²) in [6.07, 6.45) is 3.91. The summed E-state index contributed by atoms with van der Waals surface area (Å²) in [5.74, 6) is 0.906. The largest absolute Gasteiger partial charge is 0.378 e. The van der Waals surface area contributed by atoms with Crippen LogP contribution in [0.25, 0.3) is 0 Å². The highest BCUT2D eigenvalue weighted by atomic mass is 16.5. The maximum absolute atomic E-state index is 5.94. The third kappa shape index (κ3) is 4.60. The Kier molecular flexibility index (Phi) is 6.01. The Hall–Kier alpha value is -2.54. The van der Waals surface area contributed by atoms with E-state index in [1.165, 1.54) is 16.8 Å². The second-order valence-electron chi connectivity index (χ2n) is 7.16. The first-order valence-electron chi connectivity index (χ1n) is 9.30. The van der Waals surface area contributed by atoms with Gasteiger partial charge in [0.2, 0.25) is 0 Å². The van der Waals surface area contributed by atoms with Gasteiger partial charge in [0.05, 0.1) is 19.3 Å². The number of nitrogens with one attached hydrogen (secondary N) is 1. The van der Waals surface area contributed by atoms with Crippen molar-refractivity contribution >= 4 is 11.6 Å². The molecule has 1 saturated heterocycles. The number of aryl methyl sites for hydroxylation is 2. The molecular formula is C20H30N6O. The fraction of sp³-hybridized carbons (Fsp3) is 0.500. The molecule has 1 aromatic carbocycles. The van der Waals surface area contributed by atoms with Crippen LogP contribution in [0.1, 0.15) is 22.8 Å². The molecule has 1 aliphatic rings. The third-order valence-electron chi connectivity index (χ3n) is 4.95. The monoisotopic (exact) mass is 370 g/mol. The first kappa shape index (κ1) is 19.2. The number of benzene rings is 1. The van der Waals surface area contributed by atoms with Gasteiger partial charge in [-0.15, -0.1) is 0 Å². The quantitative estimate of drug-likeness (QED) is 0.658. The van der Waals surface area contributed by atoms with Crippen molar-refractivity contribution in [3.8, 4) is 0 Å². The minimum Gasteiger partial charge on any atom is -0.378 e. The van der Waals surface area contributed by atoms with Crippen molar-refractivity contribution in [1.29, 1.82) is 0 Å². The van der Waals surface area contributed by atoms with E-state index in [0.29, 0.717) is 6.61 Å². The lowest BCUT2D eigenvalue weighted by atomic mass is 10.1. The first-order valence-corrected chi connectivity index (χ1v) is 9.30. The maximum atomic E-state index is 5.94. The number of ether oxygens (including phenoxy) is 1. The van der Waals surface area contributed by atoms with E-state index in [1.54, 1.807) is 0 Å². The molecule has 7 nitrogen and oxygen atoms in total. The Morgan fingerprint density at radius 3 is 2.85 bits per heavy atom. The minimum atomic E-state index is 0.0205. The van der Waals surface area contributed by atoms with Crippen LogP contribution in [0.3, 0.4) is 0 Å². The summed E-state index contributed by atoms with van der Waals surface area (Å²) >= 11 is 0. The van der Waals surface area contributed by atoms with Crippen molar-refractivity contribution in [2.45, 2.75) is 19.6 Å². The topological polar surface area (TPSA) is 57.9 Å². The number of aliphatic imine (C=N–C) groups is 1. The lowest BCUT2D eigenvalue weighted by molar-refractivity contribution is -0.00805. The second kappa shape index (κ2) is 8.43. The number of hydrogen-bond donors (Lipinski definition) is 1. The van der Waals surface area contributed by atoms with Crippen molar-refractivity contribution in [3.05, 3.63) is 47.3 Å². The molecule has 1 fully saturated rings. The van der Waals surface area contributed by atoms with Crippen LogP contribution in [0.2, 0.25) is 0 Å². The van der Waals surface area contributed by atoms with Gasteiger partial charge in [0.25, 0.3) is 0 Å². The van der Waals surface area contributed by atoms with Crippen LogP contribution in [0.15, 0.2) is 35.6 Å². The number of guanidine groups is 1. The molecule has 7 heteroatoms. The van der Waals surface area contributed by atoms with Crippen LogP contribution >= 0.6 is 0 Å². The maximum Gasteiger partial charge on any atom is 0.194 e. The minimum absolute atomic E-state index is 0.0205. The zero-order chi connectivity index (χ0) is 19.4. The summed E-state index contributed by atoms with van der Waals surface area (Å²) in [6.45, 7) is 5.18. The molecule has 1 aromatic heterocycles. The highest BCUT2D eigenvalue weighted by Crippen LogP contribution is 2.22. The molecule has 0 bridgehead atoms. The molecule has 0 amide bonds. The van der Waals surface area contributed by atoms with Crippen LogP contribution in [-0.2, 0) is 18.3 Å². The van der Waals surface area contributed by atoms with Gasteiger partial charge >= 0.3 is 0 Å². The molecule has 2 heterocycles. The Morgan fingerprint density at radius 1 is 1.41 bits per heavy atom. The molecule has 1 unspecified atom stereocenters. The molecule has 1 atom stereocenters. The normalized spacial score (nSPS) is 17.9. The van der Waals surface area contributed by atoms with Gasteiger partial charge in [-0.1, -0.05) is 6.07 Å². The number of morpholine rings is 1. The van der Waals surface area contributed by atoms with E-state index in [4.69, 9.17) is 4.74 Å². The molecule has 27 heavy (non-hydrogen) atoms. The van der Waals surface area contributed by atoms with E-state index < -0.39 is 0 Å². The Bertz CT molecular complexity index is 798. The summed E-state index contributed by atoms with van der Waals surface area (Å²) in [7, 11) is 7.88. The summed E-state index contributed by atoms with van der Waals surface area (Å²) in [5.41, 5.74) is 4.87. The number of nitrogens with zero attached hydrogens (tertiary/aromatic N) is 5. The molecule has 2 aromatic rings.